The van der Waals surface area contributed by atoms with Gasteiger partial charge in [0.15, 0.2) is 5.78 Å². The zero-order valence-electron chi connectivity index (χ0n) is 14.8. The van der Waals surface area contributed by atoms with Gasteiger partial charge in [0.1, 0.15) is 5.69 Å². The molecule has 3 rings (SSSR count). The van der Waals surface area contributed by atoms with Gasteiger partial charge in [-0.15, -0.1) is 0 Å². The molecule has 0 aromatic heterocycles. The van der Waals surface area contributed by atoms with Crippen LogP contribution in [-0.4, -0.2) is 42.9 Å². The fourth-order valence-electron chi connectivity index (χ4n) is 2.98. The number of nitrogens with one attached hydrogen (secondary N) is 1. The average Bonchev–Trinajstić information content (AvgIpc) is 2.68. The van der Waals surface area contributed by atoms with Crippen LogP contribution in [0.1, 0.15) is 27.6 Å². The van der Waals surface area contributed by atoms with Crippen molar-refractivity contribution in [2.24, 2.45) is 0 Å². The minimum absolute atomic E-state index is 0.135. The molecule has 0 radical (unpaired) electrons. The summed E-state index contributed by atoms with van der Waals surface area (Å²) in [7, 11) is 0. The number of nitrogens with zero attached hydrogens (tertiary/aromatic N) is 2. The molecule has 1 aliphatic heterocycles. The molecule has 1 N–H and O–H groups in total. The number of ketones is 1. The summed E-state index contributed by atoms with van der Waals surface area (Å²) in [6.45, 7) is 3.52. The van der Waals surface area contributed by atoms with Gasteiger partial charge < -0.3 is 15.0 Å². The first-order valence-electron chi connectivity index (χ1n) is 8.50. The van der Waals surface area contributed by atoms with E-state index in [1.165, 1.54) is 13.0 Å². The van der Waals surface area contributed by atoms with Crippen LogP contribution in [0.15, 0.2) is 42.5 Å². The fraction of sp³-hybridized carbons (Fsp3) is 0.263. The zero-order chi connectivity index (χ0) is 19.4. The SMILES string of the molecule is CC(=O)c1ccccc1NC(=O)c1ccc(N2CCOCC2)c([N+](=O)[O-])c1. The molecular formula is C19H19N3O5. The highest BCUT2D eigenvalue weighted by atomic mass is 16.6. The Kier molecular flexibility index (Phi) is 5.46. The van der Waals surface area contributed by atoms with Crippen molar-refractivity contribution in [3.8, 4) is 0 Å². The van der Waals surface area contributed by atoms with Crippen molar-refractivity contribution < 1.29 is 19.2 Å². The number of rotatable bonds is 5. The predicted octanol–water partition coefficient (Wildman–Crippen LogP) is 2.89. The highest BCUT2D eigenvalue weighted by Crippen LogP contribution is 2.30. The quantitative estimate of drug-likeness (QED) is 0.494. The van der Waals surface area contributed by atoms with E-state index in [1.54, 1.807) is 36.4 Å². The molecule has 2 aromatic rings. The lowest BCUT2D eigenvalue weighted by Crippen LogP contribution is -2.36. The molecule has 0 atom stereocenters. The Morgan fingerprint density at radius 1 is 1.15 bits per heavy atom. The number of para-hydroxylation sites is 1. The Balaban J connectivity index is 1.88. The van der Waals surface area contributed by atoms with Gasteiger partial charge in [0.2, 0.25) is 0 Å². The Morgan fingerprint density at radius 2 is 1.85 bits per heavy atom. The summed E-state index contributed by atoms with van der Waals surface area (Å²) in [5.41, 5.74) is 1.23. The smallest absolute Gasteiger partial charge is 0.293 e. The summed E-state index contributed by atoms with van der Waals surface area (Å²) in [5.74, 6) is -0.695. The lowest BCUT2D eigenvalue weighted by Gasteiger charge is -2.28. The predicted molar refractivity (Wildman–Crippen MR) is 101 cm³/mol. The number of amides is 1. The number of carbonyl (C=O) groups is 2. The number of hydrogen-bond acceptors (Lipinski definition) is 6. The summed E-state index contributed by atoms with van der Waals surface area (Å²) < 4.78 is 5.28. The van der Waals surface area contributed by atoms with Crippen molar-refractivity contribution in [1.29, 1.82) is 0 Å². The van der Waals surface area contributed by atoms with Crippen molar-refractivity contribution in [2.45, 2.75) is 6.92 Å². The number of nitro benzene ring substituents is 1. The van der Waals surface area contributed by atoms with E-state index in [0.29, 0.717) is 43.2 Å². The highest BCUT2D eigenvalue weighted by molar-refractivity contribution is 6.09. The second-order valence-corrected chi connectivity index (χ2v) is 6.12. The minimum Gasteiger partial charge on any atom is -0.378 e. The maximum atomic E-state index is 12.6. The van der Waals surface area contributed by atoms with Crippen LogP contribution in [0.3, 0.4) is 0 Å². The number of carbonyl (C=O) groups excluding carboxylic acids is 2. The summed E-state index contributed by atoms with van der Waals surface area (Å²) in [6, 6.07) is 11.0. The fourth-order valence-corrected chi connectivity index (χ4v) is 2.98. The highest BCUT2D eigenvalue weighted by Gasteiger charge is 2.23. The molecule has 8 heteroatoms. The van der Waals surface area contributed by atoms with Gasteiger partial charge in [0.25, 0.3) is 11.6 Å². The number of nitro groups is 1. The lowest BCUT2D eigenvalue weighted by atomic mass is 10.1. The molecular weight excluding hydrogens is 350 g/mol. The summed E-state index contributed by atoms with van der Waals surface area (Å²) >= 11 is 0. The van der Waals surface area contributed by atoms with Gasteiger partial charge in [0, 0.05) is 30.3 Å². The largest absolute Gasteiger partial charge is 0.378 e. The normalized spacial score (nSPS) is 13.9. The van der Waals surface area contributed by atoms with E-state index in [1.807, 2.05) is 4.90 Å². The molecule has 1 fully saturated rings. The van der Waals surface area contributed by atoms with E-state index in [-0.39, 0.29) is 17.0 Å². The summed E-state index contributed by atoms with van der Waals surface area (Å²) in [6.07, 6.45) is 0. The van der Waals surface area contributed by atoms with Crippen molar-refractivity contribution >= 4 is 28.8 Å². The number of morpholine rings is 1. The van der Waals surface area contributed by atoms with Crippen LogP contribution in [0, 0.1) is 10.1 Å². The molecule has 0 spiro atoms. The molecule has 8 nitrogen and oxygen atoms in total. The van der Waals surface area contributed by atoms with Crippen LogP contribution in [0.2, 0.25) is 0 Å². The summed E-state index contributed by atoms with van der Waals surface area (Å²) in [4.78, 5) is 37.2. The van der Waals surface area contributed by atoms with Crippen LogP contribution in [0.25, 0.3) is 0 Å². The Labute approximate surface area is 155 Å². The topological polar surface area (TPSA) is 102 Å². The zero-order valence-corrected chi connectivity index (χ0v) is 14.8. The van der Waals surface area contributed by atoms with Crippen molar-refractivity contribution in [3.05, 3.63) is 63.7 Å². The number of anilines is 2. The van der Waals surface area contributed by atoms with E-state index in [0.717, 1.165) is 0 Å². The molecule has 140 valence electrons. The third-order valence-electron chi connectivity index (χ3n) is 4.34. The first-order chi connectivity index (χ1) is 13.0. The second kappa shape index (κ2) is 7.96. The van der Waals surface area contributed by atoms with Gasteiger partial charge in [-0.05, 0) is 31.2 Å². The molecule has 0 bridgehead atoms. The van der Waals surface area contributed by atoms with Crippen LogP contribution < -0.4 is 10.2 Å². The van der Waals surface area contributed by atoms with Crippen LogP contribution >= 0.6 is 0 Å². The number of Topliss-reactive ketones (excluding diaryl/α,β-unsaturated/α-hetero) is 1. The number of benzene rings is 2. The first kappa shape index (κ1) is 18.5. The van der Waals surface area contributed by atoms with Crippen molar-refractivity contribution in [1.82, 2.24) is 0 Å². The molecule has 0 saturated carbocycles. The standard InChI is InChI=1S/C19H19N3O5/c1-13(23)15-4-2-3-5-16(15)20-19(24)14-6-7-17(18(12-14)22(25)26)21-8-10-27-11-9-21/h2-7,12H,8-11H2,1H3,(H,20,24). The molecule has 1 saturated heterocycles. The van der Waals surface area contributed by atoms with Gasteiger partial charge in [-0.3, -0.25) is 19.7 Å². The third kappa shape index (κ3) is 4.12. The van der Waals surface area contributed by atoms with Crippen LogP contribution in [-0.2, 0) is 4.74 Å². The Hall–Kier alpha value is -3.26. The third-order valence-corrected chi connectivity index (χ3v) is 4.34. The van der Waals surface area contributed by atoms with E-state index in [4.69, 9.17) is 4.74 Å². The van der Waals surface area contributed by atoms with Gasteiger partial charge in [0.05, 0.1) is 23.8 Å². The molecule has 27 heavy (non-hydrogen) atoms. The van der Waals surface area contributed by atoms with E-state index in [2.05, 4.69) is 5.32 Å². The monoisotopic (exact) mass is 369 g/mol. The Bertz CT molecular complexity index is 891. The van der Waals surface area contributed by atoms with E-state index in [9.17, 15) is 19.7 Å². The van der Waals surface area contributed by atoms with Crippen molar-refractivity contribution in [2.75, 3.05) is 36.5 Å². The van der Waals surface area contributed by atoms with Gasteiger partial charge >= 0.3 is 0 Å². The lowest BCUT2D eigenvalue weighted by molar-refractivity contribution is -0.384. The molecule has 0 aliphatic carbocycles. The summed E-state index contributed by atoms with van der Waals surface area (Å²) in [5, 5.41) is 14.2. The molecule has 0 unspecified atom stereocenters. The van der Waals surface area contributed by atoms with Crippen molar-refractivity contribution in [3.63, 3.8) is 0 Å². The Morgan fingerprint density at radius 3 is 2.52 bits per heavy atom. The number of ether oxygens (including phenoxy) is 1. The van der Waals surface area contributed by atoms with Crippen LogP contribution in [0.4, 0.5) is 17.1 Å². The van der Waals surface area contributed by atoms with Gasteiger partial charge in [-0.2, -0.15) is 0 Å². The minimum atomic E-state index is -0.514. The van der Waals surface area contributed by atoms with E-state index < -0.39 is 10.8 Å². The molecule has 2 aromatic carbocycles. The number of hydrogen-bond donors (Lipinski definition) is 1. The molecule has 1 aliphatic rings. The van der Waals surface area contributed by atoms with Gasteiger partial charge in [-0.25, -0.2) is 0 Å². The molecule has 1 heterocycles. The average molecular weight is 369 g/mol. The van der Waals surface area contributed by atoms with Crippen LogP contribution in [0.5, 0.6) is 0 Å². The van der Waals surface area contributed by atoms with E-state index >= 15 is 0 Å². The second-order valence-electron chi connectivity index (χ2n) is 6.12. The molecule has 1 amide bonds. The maximum absolute atomic E-state index is 12.6. The first-order valence-corrected chi connectivity index (χ1v) is 8.50. The maximum Gasteiger partial charge on any atom is 0.293 e. The van der Waals surface area contributed by atoms with Gasteiger partial charge in [-0.1, -0.05) is 12.1 Å².